The van der Waals surface area contributed by atoms with E-state index in [4.69, 9.17) is 5.11 Å². The van der Waals surface area contributed by atoms with Crippen molar-refractivity contribution in [3.63, 3.8) is 0 Å². The third kappa shape index (κ3) is 2.73. The molecule has 0 bridgehead atoms. The predicted molar refractivity (Wildman–Crippen MR) is 92.0 cm³/mol. The van der Waals surface area contributed by atoms with Gasteiger partial charge in [0.15, 0.2) is 0 Å². The van der Waals surface area contributed by atoms with Crippen LogP contribution in [0, 0.1) is 5.82 Å². The average molecular weight is 351 g/mol. The van der Waals surface area contributed by atoms with E-state index in [-0.39, 0.29) is 29.6 Å². The average Bonchev–Trinajstić information content (AvgIpc) is 3.05. The molecule has 4 rings (SSSR count). The highest BCUT2D eigenvalue weighted by atomic mass is 19.1. The number of aromatic nitrogens is 2. The van der Waals surface area contributed by atoms with Crippen molar-refractivity contribution in [1.82, 2.24) is 9.55 Å². The molecule has 2 N–H and O–H groups in total. The molecule has 2 heterocycles. The van der Waals surface area contributed by atoms with Gasteiger partial charge in [0.2, 0.25) is 5.91 Å². The summed E-state index contributed by atoms with van der Waals surface area (Å²) in [5.41, 5.74) is 2.38. The van der Waals surface area contributed by atoms with Crippen LogP contribution < -0.4 is 5.32 Å². The normalized spacial score (nSPS) is 16.0. The number of imidazole rings is 1. The molecular formula is C19H14FN3O3. The van der Waals surface area contributed by atoms with E-state index >= 15 is 0 Å². The zero-order chi connectivity index (χ0) is 18.3. The van der Waals surface area contributed by atoms with Crippen LogP contribution in [0.4, 0.5) is 10.2 Å². The van der Waals surface area contributed by atoms with Gasteiger partial charge in [-0.3, -0.25) is 9.36 Å². The van der Waals surface area contributed by atoms with E-state index in [1.165, 1.54) is 24.3 Å². The Morgan fingerprint density at radius 1 is 1.15 bits per heavy atom. The van der Waals surface area contributed by atoms with Crippen molar-refractivity contribution in [3.8, 4) is 5.69 Å². The Balaban J connectivity index is 1.76. The molecule has 0 radical (unpaired) electrons. The van der Waals surface area contributed by atoms with Gasteiger partial charge in [0.05, 0.1) is 11.3 Å². The van der Waals surface area contributed by atoms with E-state index in [2.05, 4.69) is 10.3 Å². The summed E-state index contributed by atoms with van der Waals surface area (Å²) in [5, 5.41) is 11.9. The number of amides is 1. The summed E-state index contributed by atoms with van der Waals surface area (Å²) in [4.78, 5) is 27.7. The lowest BCUT2D eigenvalue weighted by Gasteiger charge is -2.23. The lowest BCUT2D eigenvalue weighted by molar-refractivity contribution is -0.116. The monoisotopic (exact) mass is 351 g/mol. The number of anilines is 1. The maximum absolute atomic E-state index is 13.2. The van der Waals surface area contributed by atoms with Crippen LogP contribution in [-0.2, 0) is 4.79 Å². The number of carbonyl (C=O) groups is 2. The first kappa shape index (κ1) is 16.0. The molecule has 0 spiro atoms. The number of carboxylic acid groups (broad SMARTS) is 1. The summed E-state index contributed by atoms with van der Waals surface area (Å²) in [6.45, 7) is 0. The molecule has 0 saturated carbocycles. The Labute approximate surface area is 147 Å². The van der Waals surface area contributed by atoms with Crippen LogP contribution >= 0.6 is 0 Å². The van der Waals surface area contributed by atoms with Crippen molar-refractivity contribution in [2.24, 2.45) is 0 Å². The summed E-state index contributed by atoms with van der Waals surface area (Å²) in [6, 6.07) is 12.3. The number of fused-ring (bicyclic) bond motifs is 1. The van der Waals surface area contributed by atoms with E-state index in [1.54, 1.807) is 35.2 Å². The maximum atomic E-state index is 13.2. The van der Waals surface area contributed by atoms with Crippen molar-refractivity contribution in [2.75, 3.05) is 5.32 Å². The molecule has 1 aliphatic heterocycles. The molecule has 2 aromatic carbocycles. The molecule has 6 nitrogen and oxygen atoms in total. The highest BCUT2D eigenvalue weighted by molar-refractivity contribution is 5.94. The number of nitrogens with one attached hydrogen (secondary N) is 1. The van der Waals surface area contributed by atoms with Crippen LogP contribution in [0.15, 0.2) is 54.9 Å². The second kappa shape index (κ2) is 6.11. The summed E-state index contributed by atoms with van der Waals surface area (Å²) < 4.78 is 14.9. The van der Waals surface area contributed by atoms with Gasteiger partial charge in [-0.05, 0) is 42.0 Å². The van der Waals surface area contributed by atoms with Gasteiger partial charge in [0, 0.05) is 18.0 Å². The smallest absolute Gasteiger partial charge is 0.335 e. The SMILES string of the molecule is O=C1C[C@@H](c2ccc(C(=O)O)cc2)c2ncn(-c3ccc(F)cc3)c2N1. The molecule has 1 amide bonds. The van der Waals surface area contributed by atoms with Gasteiger partial charge >= 0.3 is 5.97 Å². The Morgan fingerprint density at radius 3 is 2.50 bits per heavy atom. The second-order valence-corrected chi connectivity index (χ2v) is 6.06. The van der Waals surface area contributed by atoms with E-state index in [9.17, 15) is 14.0 Å². The van der Waals surface area contributed by atoms with Gasteiger partial charge in [-0.25, -0.2) is 14.2 Å². The number of rotatable bonds is 3. The van der Waals surface area contributed by atoms with Crippen molar-refractivity contribution in [3.05, 3.63) is 77.5 Å². The molecule has 7 heteroatoms. The number of hydrogen-bond acceptors (Lipinski definition) is 3. The van der Waals surface area contributed by atoms with Gasteiger partial charge in [-0.1, -0.05) is 12.1 Å². The zero-order valence-electron chi connectivity index (χ0n) is 13.5. The number of aromatic carboxylic acids is 1. The molecule has 3 aromatic rings. The minimum absolute atomic E-state index is 0.159. The van der Waals surface area contributed by atoms with Crippen LogP contribution in [0.2, 0.25) is 0 Å². The summed E-state index contributed by atoms with van der Waals surface area (Å²) >= 11 is 0. The van der Waals surface area contributed by atoms with Crippen LogP contribution in [0.5, 0.6) is 0 Å². The van der Waals surface area contributed by atoms with Crippen LogP contribution in [0.1, 0.15) is 34.0 Å². The number of hydrogen-bond donors (Lipinski definition) is 2. The Hall–Kier alpha value is -3.48. The standard InChI is InChI=1S/C19H14FN3O3/c20-13-5-7-14(8-6-13)23-10-21-17-15(9-16(24)22-18(17)23)11-1-3-12(4-2-11)19(25)26/h1-8,10,15H,9H2,(H,22,24)(H,25,26)/t15-/m0/s1. The summed E-state index contributed by atoms with van der Waals surface area (Å²) in [7, 11) is 0. The number of nitrogens with zero attached hydrogens (tertiary/aromatic N) is 2. The van der Waals surface area contributed by atoms with Gasteiger partial charge in [-0.15, -0.1) is 0 Å². The van der Waals surface area contributed by atoms with Crippen molar-refractivity contribution >= 4 is 17.7 Å². The summed E-state index contributed by atoms with van der Waals surface area (Å²) in [6.07, 6.45) is 1.81. The fraction of sp³-hybridized carbons (Fsp3) is 0.105. The number of halogens is 1. The molecule has 1 atom stereocenters. The topological polar surface area (TPSA) is 84.2 Å². The van der Waals surface area contributed by atoms with Crippen molar-refractivity contribution < 1.29 is 19.1 Å². The Morgan fingerprint density at radius 2 is 1.85 bits per heavy atom. The van der Waals surface area contributed by atoms with E-state index in [0.717, 1.165) is 5.56 Å². The van der Waals surface area contributed by atoms with Gasteiger partial charge in [-0.2, -0.15) is 0 Å². The van der Waals surface area contributed by atoms with E-state index in [1.807, 2.05) is 0 Å². The van der Waals surface area contributed by atoms with Crippen LogP contribution in [0.25, 0.3) is 5.69 Å². The minimum atomic E-state index is -1.00. The molecule has 130 valence electrons. The van der Waals surface area contributed by atoms with Gasteiger partial charge < -0.3 is 10.4 Å². The van der Waals surface area contributed by atoms with Crippen molar-refractivity contribution in [1.29, 1.82) is 0 Å². The first-order valence-electron chi connectivity index (χ1n) is 7.99. The molecule has 1 aromatic heterocycles. The lowest BCUT2D eigenvalue weighted by atomic mass is 9.89. The quantitative estimate of drug-likeness (QED) is 0.759. The fourth-order valence-corrected chi connectivity index (χ4v) is 3.14. The molecule has 0 fully saturated rings. The highest BCUT2D eigenvalue weighted by Gasteiger charge is 2.31. The molecule has 26 heavy (non-hydrogen) atoms. The maximum Gasteiger partial charge on any atom is 0.335 e. The van der Waals surface area contributed by atoms with Crippen LogP contribution in [0.3, 0.4) is 0 Å². The van der Waals surface area contributed by atoms with Gasteiger partial charge in [0.25, 0.3) is 0 Å². The number of carbonyl (C=O) groups excluding carboxylic acids is 1. The third-order valence-corrected chi connectivity index (χ3v) is 4.44. The highest BCUT2D eigenvalue weighted by Crippen LogP contribution is 2.37. The first-order chi connectivity index (χ1) is 12.5. The second-order valence-electron chi connectivity index (χ2n) is 6.06. The summed E-state index contributed by atoms with van der Waals surface area (Å²) in [5.74, 6) is -1.24. The molecule has 0 saturated heterocycles. The molecule has 1 aliphatic rings. The molecule has 0 unspecified atom stereocenters. The van der Waals surface area contributed by atoms with E-state index < -0.39 is 5.97 Å². The largest absolute Gasteiger partial charge is 0.478 e. The van der Waals surface area contributed by atoms with Crippen LogP contribution in [-0.4, -0.2) is 26.5 Å². The third-order valence-electron chi connectivity index (χ3n) is 4.44. The Kier molecular flexibility index (Phi) is 3.76. The fourth-order valence-electron chi connectivity index (χ4n) is 3.14. The predicted octanol–water partition coefficient (Wildman–Crippen LogP) is 3.18. The zero-order valence-corrected chi connectivity index (χ0v) is 13.5. The molecule has 0 aliphatic carbocycles. The number of benzene rings is 2. The molecular weight excluding hydrogens is 337 g/mol. The van der Waals surface area contributed by atoms with Crippen molar-refractivity contribution in [2.45, 2.75) is 12.3 Å². The number of carboxylic acids is 1. The minimum Gasteiger partial charge on any atom is -0.478 e. The van der Waals surface area contributed by atoms with E-state index in [0.29, 0.717) is 17.2 Å². The first-order valence-corrected chi connectivity index (χ1v) is 7.99. The lowest BCUT2D eigenvalue weighted by Crippen LogP contribution is -2.25. The Bertz CT molecular complexity index is 994. The van der Waals surface area contributed by atoms with Gasteiger partial charge in [0.1, 0.15) is 18.0 Å².